The standard InChI is InChI=1S/C18H22O7/c1-18(22)9-12(19)14(16(20)24-3)13(15(18)17(21)25-4)10-5-7-11(23-2)8-6-10/h5-8,13-15,22H,9H2,1-4H3/t13-,14-,15-,18+/m1/s1. The fraction of sp³-hybridized carbons (Fsp3) is 0.500. The van der Waals surface area contributed by atoms with Crippen molar-refractivity contribution in [3.8, 4) is 5.75 Å². The normalized spacial score (nSPS) is 29.0. The van der Waals surface area contributed by atoms with Crippen LogP contribution in [0.1, 0.15) is 24.8 Å². The van der Waals surface area contributed by atoms with E-state index < -0.39 is 41.1 Å². The van der Waals surface area contributed by atoms with Gasteiger partial charge in [-0.15, -0.1) is 0 Å². The van der Waals surface area contributed by atoms with Gasteiger partial charge in [0.1, 0.15) is 11.7 Å². The number of esters is 2. The van der Waals surface area contributed by atoms with Gasteiger partial charge in [0.05, 0.1) is 32.8 Å². The van der Waals surface area contributed by atoms with Crippen molar-refractivity contribution < 1.29 is 33.7 Å². The van der Waals surface area contributed by atoms with Gasteiger partial charge < -0.3 is 19.3 Å². The van der Waals surface area contributed by atoms with E-state index in [1.807, 2.05) is 0 Å². The average molecular weight is 350 g/mol. The van der Waals surface area contributed by atoms with Crippen molar-refractivity contribution in [1.29, 1.82) is 0 Å². The van der Waals surface area contributed by atoms with Gasteiger partial charge in [0.2, 0.25) is 0 Å². The van der Waals surface area contributed by atoms with Crippen molar-refractivity contribution in [3.05, 3.63) is 29.8 Å². The minimum absolute atomic E-state index is 0.334. The summed E-state index contributed by atoms with van der Waals surface area (Å²) in [5.41, 5.74) is -1.10. The molecule has 1 fully saturated rings. The number of carbonyl (C=O) groups is 3. The minimum atomic E-state index is -1.64. The minimum Gasteiger partial charge on any atom is -0.497 e. The second kappa shape index (κ2) is 7.23. The monoisotopic (exact) mass is 350 g/mol. The Labute approximate surface area is 145 Å². The molecular formula is C18H22O7. The predicted octanol–water partition coefficient (Wildman–Crippen LogP) is 1.08. The Kier molecular flexibility index (Phi) is 5.47. The lowest BCUT2D eigenvalue weighted by atomic mass is 9.62. The van der Waals surface area contributed by atoms with Crippen molar-refractivity contribution in [3.63, 3.8) is 0 Å². The number of methoxy groups -OCH3 is 3. The molecule has 4 atom stereocenters. The van der Waals surface area contributed by atoms with E-state index in [0.717, 1.165) is 0 Å². The molecule has 1 aromatic carbocycles. The summed E-state index contributed by atoms with van der Waals surface area (Å²) in [5, 5.41) is 10.7. The number of hydrogen-bond donors (Lipinski definition) is 1. The summed E-state index contributed by atoms with van der Waals surface area (Å²) in [7, 11) is 3.89. The van der Waals surface area contributed by atoms with Crippen LogP contribution in [0.3, 0.4) is 0 Å². The van der Waals surface area contributed by atoms with Crippen LogP contribution in [0.15, 0.2) is 24.3 Å². The highest BCUT2D eigenvalue weighted by molar-refractivity contribution is 6.02. The second-order valence-corrected chi connectivity index (χ2v) is 6.30. The van der Waals surface area contributed by atoms with Crippen LogP contribution in [0.5, 0.6) is 5.75 Å². The average Bonchev–Trinajstić information content (AvgIpc) is 2.59. The number of ether oxygens (including phenoxy) is 3. The van der Waals surface area contributed by atoms with E-state index in [4.69, 9.17) is 14.2 Å². The number of carbonyl (C=O) groups excluding carboxylic acids is 3. The van der Waals surface area contributed by atoms with Crippen LogP contribution in [0, 0.1) is 11.8 Å². The zero-order valence-electron chi connectivity index (χ0n) is 14.6. The first-order valence-electron chi connectivity index (χ1n) is 7.81. The molecule has 0 amide bonds. The maximum Gasteiger partial charge on any atom is 0.316 e. The number of aliphatic hydroxyl groups is 1. The maximum absolute atomic E-state index is 12.5. The molecule has 0 unspecified atom stereocenters. The largest absolute Gasteiger partial charge is 0.497 e. The number of hydrogen-bond acceptors (Lipinski definition) is 7. The molecule has 136 valence electrons. The Hall–Kier alpha value is -2.41. The molecular weight excluding hydrogens is 328 g/mol. The molecule has 7 heteroatoms. The van der Waals surface area contributed by atoms with E-state index in [1.54, 1.807) is 24.3 Å². The van der Waals surface area contributed by atoms with Crippen LogP contribution in [0.4, 0.5) is 0 Å². The fourth-order valence-corrected chi connectivity index (χ4v) is 3.50. The molecule has 0 heterocycles. The summed E-state index contributed by atoms with van der Waals surface area (Å²) in [6, 6.07) is 6.63. The molecule has 2 rings (SSSR count). The van der Waals surface area contributed by atoms with Crippen molar-refractivity contribution in [2.45, 2.75) is 24.9 Å². The summed E-state index contributed by atoms with van der Waals surface area (Å²) in [6.45, 7) is 1.40. The van der Waals surface area contributed by atoms with Gasteiger partial charge in [-0.1, -0.05) is 12.1 Å². The second-order valence-electron chi connectivity index (χ2n) is 6.30. The van der Waals surface area contributed by atoms with Crippen molar-refractivity contribution in [1.82, 2.24) is 0 Å². The lowest BCUT2D eigenvalue weighted by Crippen LogP contribution is -2.55. The molecule has 0 saturated heterocycles. The van der Waals surface area contributed by atoms with Gasteiger partial charge in [0.15, 0.2) is 5.78 Å². The highest BCUT2D eigenvalue weighted by atomic mass is 16.5. The highest BCUT2D eigenvalue weighted by Crippen LogP contribution is 2.46. The summed E-state index contributed by atoms with van der Waals surface area (Å²) in [4.78, 5) is 37.2. The molecule has 1 saturated carbocycles. The maximum atomic E-state index is 12.5. The van der Waals surface area contributed by atoms with Crippen LogP contribution in [-0.2, 0) is 23.9 Å². The Morgan fingerprint density at radius 3 is 2.12 bits per heavy atom. The first kappa shape index (κ1) is 18.9. The van der Waals surface area contributed by atoms with Crippen molar-refractivity contribution >= 4 is 17.7 Å². The molecule has 0 aliphatic heterocycles. The zero-order valence-corrected chi connectivity index (χ0v) is 14.6. The van der Waals surface area contributed by atoms with Crippen LogP contribution >= 0.6 is 0 Å². The molecule has 25 heavy (non-hydrogen) atoms. The lowest BCUT2D eigenvalue weighted by Gasteiger charge is -2.43. The number of benzene rings is 1. The molecule has 1 N–H and O–H groups in total. The van der Waals surface area contributed by atoms with Gasteiger partial charge in [-0.2, -0.15) is 0 Å². The number of rotatable bonds is 4. The van der Waals surface area contributed by atoms with Crippen LogP contribution < -0.4 is 4.74 Å². The van der Waals surface area contributed by atoms with Crippen LogP contribution in [-0.4, -0.2) is 49.8 Å². The van der Waals surface area contributed by atoms with E-state index >= 15 is 0 Å². The van der Waals surface area contributed by atoms with Crippen LogP contribution in [0.2, 0.25) is 0 Å². The van der Waals surface area contributed by atoms with Crippen molar-refractivity contribution in [2.24, 2.45) is 11.8 Å². The molecule has 0 aromatic heterocycles. The van der Waals surface area contributed by atoms with Crippen LogP contribution in [0.25, 0.3) is 0 Å². The summed E-state index contributed by atoms with van der Waals surface area (Å²) in [6.07, 6.45) is -0.334. The van der Waals surface area contributed by atoms with Crippen molar-refractivity contribution in [2.75, 3.05) is 21.3 Å². The quantitative estimate of drug-likeness (QED) is 0.641. The molecule has 0 bridgehead atoms. The van der Waals surface area contributed by atoms with E-state index in [1.165, 1.54) is 28.3 Å². The zero-order chi connectivity index (χ0) is 18.8. The predicted molar refractivity (Wildman–Crippen MR) is 87.0 cm³/mol. The molecule has 1 aliphatic carbocycles. The number of ketones is 1. The first-order chi connectivity index (χ1) is 11.8. The topological polar surface area (TPSA) is 99.1 Å². The summed E-state index contributed by atoms with van der Waals surface area (Å²) in [5.74, 6) is -4.50. The van der Waals surface area contributed by atoms with Gasteiger partial charge in [-0.3, -0.25) is 14.4 Å². The van der Waals surface area contributed by atoms with E-state index in [-0.39, 0.29) is 6.42 Å². The van der Waals surface area contributed by atoms with Gasteiger partial charge in [-0.05, 0) is 24.6 Å². The van der Waals surface area contributed by atoms with Gasteiger partial charge >= 0.3 is 11.9 Å². The van der Waals surface area contributed by atoms with Gasteiger partial charge in [0, 0.05) is 12.3 Å². The van der Waals surface area contributed by atoms with Gasteiger partial charge in [-0.25, -0.2) is 0 Å². The Morgan fingerprint density at radius 2 is 1.64 bits per heavy atom. The Balaban J connectivity index is 2.61. The fourth-order valence-electron chi connectivity index (χ4n) is 3.50. The lowest BCUT2D eigenvalue weighted by molar-refractivity contribution is -0.170. The molecule has 7 nitrogen and oxygen atoms in total. The first-order valence-corrected chi connectivity index (χ1v) is 7.81. The summed E-state index contributed by atoms with van der Waals surface area (Å²) >= 11 is 0. The number of Topliss-reactive ketones (excluding diaryl/α,β-unsaturated/α-hetero) is 1. The van der Waals surface area contributed by atoms with E-state index in [9.17, 15) is 19.5 Å². The third-order valence-corrected chi connectivity index (χ3v) is 4.68. The molecule has 1 aliphatic rings. The molecule has 1 aromatic rings. The SMILES string of the molecule is COC(=O)[C@@H]1C(=O)C[C@](C)(O)[C@@H](C(=O)OC)[C@@H]1c1ccc(OC)cc1. The van der Waals surface area contributed by atoms with E-state index in [2.05, 4.69) is 0 Å². The third-order valence-electron chi connectivity index (χ3n) is 4.68. The van der Waals surface area contributed by atoms with E-state index in [0.29, 0.717) is 11.3 Å². The highest BCUT2D eigenvalue weighted by Gasteiger charge is 2.56. The smallest absolute Gasteiger partial charge is 0.316 e. The third kappa shape index (κ3) is 3.51. The van der Waals surface area contributed by atoms with Gasteiger partial charge in [0.25, 0.3) is 0 Å². The Morgan fingerprint density at radius 1 is 1.08 bits per heavy atom. The summed E-state index contributed by atoms with van der Waals surface area (Å²) < 4.78 is 14.7. The molecule has 0 spiro atoms. The molecule has 0 radical (unpaired) electrons. The Bertz CT molecular complexity index is 663.